The van der Waals surface area contributed by atoms with Crippen molar-refractivity contribution in [2.45, 2.75) is 33.1 Å². The summed E-state index contributed by atoms with van der Waals surface area (Å²) in [6, 6.07) is 6.54. The van der Waals surface area contributed by atoms with E-state index in [1.54, 1.807) is 0 Å². The number of benzene rings is 1. The highest BCUT2D eigenvalue weighted by Gasteiger charge is 2.07. The van der Waals surface area contributed by atoms with E-state index < -0.39 is 0 Å². The summed E-state index contributed by atoms with van der Waals surface area (Å²) in [7, 11) is 0. The Morgan fingerprint density at radius 2 is 2.11 bits per heavy atom. The summed E-state index contributed by atoms with van der Waals surface area (Å²) in [5.41, 5.74) is 9.41. The molecule has 2 rings (SSSR count). The average molecular weight is 243 g/mol. The van der Waals surface area contributed by atoms with Crippen molar-refractivity contribution in [3.8, 4) is 5.69 Å². The SMILES string of the molecule is CCCc1nccn1-c1cc(CCN)ccc1C. The van der Waals surface area contributed by atoms with Gasteiger partial charge in [-0.15, -0.1) is 0 Å². The molecule has 0 amide bonds. The summed E-state index contributed by atoms with van der Waals surface area (Å²) < 4.78 is 2.19. The van der Waals surface area contributed by atoms with Gasteiger partial charge in [-0.25, -0.2) is 4.98 Å². The average Bonchev–Trinajstić information content (AvgIpc) is 2.81. The minimum atomic E-state index is 0.689. The highest BCUT2D eigenvalue weighted by atomic mass is 15.1. The van der Waals surface area contributed by atoms with Crippen molar-refractivity contribution in [2.75, 3.05) is 6.54 Å². The molecule has 0 fully saturated rings. The molecule has 0 unspecified atom stereocenters. The molecule has 18 heavy (non-hydrogen) atoms. The van der Waals surface area contributed by atoms with Crippen molar-refractivity contribution < 1.29 is 0 Å². The summed E-state index contributed by atoms with van der Waals surface area (Å²) in [6.07, 6.45) is 6.96. The summed E-state index contributed by atoms with van der Waals surface area (Å²) in [5.74, 6) is 1.13. The topological polar surface area (TPSA) is 43.8 Å². The number of nitrogens with two attached hydrogens (primary N) is 1. The zero-order valence-corrected chi connectivity index (χ0v) is 11.2. The highest BCUT2D eigenvalue weighted by Crippen LogP contribution is 2.18. The summed E-state index contributed by atoms with van der Waals surface area (Å²) in [6.45, 7) is 5.00. The van der Waals surface area contributed by atoms with Crippen LogP contribution in [-0.2, 0) is 12.8 Å². The number of aromatic nitrogens is 2. The van der Waals surface area contributed by atoms with Crippen molar-refractivity contribution in [1.82, 2.24) is 9.55 Å². The second-order valence-corrected chi connectivity index (χ2v) is 4.62. The minimum Gasteiger partial charge on any atom is -0.330 e. The van der Waals surface area contributed by atoms with Crippen LogP contribution in [0.3, 0.4) is 0 Å². The van der Waals surface area contributed by atoms with Gasteiger partial charge in [0.25, 0.3) is 0 Å². The van der Waals surface area contributed by atoms with Crippen LogP contribution in [0, 0.1) is 6.92 Å². The fourth-order valence-electron chi connectivity index (χ4n) is 2.20. The van der Waals surface area contributed by atoms with Gasteiger partial charge in [0.15, 0.2) is 0 Å². The molecule has 2 aromatic rings. The normalized spacial score (nSPS) is 10.8. The molecule has 0 spiro atoms. The molecule has 0 aliphatic heterocycles. The van der Waals surface area contributed by atoms with Crippen LogP contribution in [0.1, 0.15) is 30.3 Å². The fraction of sp³-hybridized carbons (Fsp3) is 0.400. The van der Waals surface area contributed by atoms with E-state index in [-0.39, 0.29) is 0 Å². The molecule has 0 saturated carbocycles. The van der Waals surface area contributed by atoms with Crippen molar-refractivity contribution >= 4 is 0 Å². The highest BCUT2D eigenvalue weighted by molar-refractivity contribution is 5.44. The lowest BCUT2D eigenvalue weighted by Crippen LogP contribution is -2.06. The van der Waals surface area contributed by atoms with Crippen molar-refractivity contribution in [2.24, 2.45) is 5.73 Å². The Bertz CT molecular complexity index is 514. The van der Waals surface area contributed by atoms with Crippen LogP contribution in [0.5, 0.6) is 0 Å². The Morgan fingerprint density at radius 1 is 1.28 bits per heavy atom. The van der Waals surface area contributed by atoms with Gasteiger partial charge in [0, 0.05) is 24.5 Å². The Labute approximate surface area is 109 Å². The molecule has 3 heteroatoms. The van der Waals surface area contributed by atoms with Crippen LogP contribution in [0.15, 0.2) is 30.6 Å². The number of rotatable bonds is 5. The lowest BCUT2D eigenvalue weighted by molar-refractivity contribution is 0.805. The van der Waals surface area contributed by atoms with Crippen LogP contribution in [0.2, 0.25) is 0 Å². The third-order valence-electron chi connectivity index (χ3n) is 3.16. The van der Waals surface area contributed by atoms with Crippen LogP contribution < -0.4 is 5.73 Å². The maximum absolute atomic E-state index is 5.63. The number of aryl methyl sites for hydroxylation is 2. The number of imidazole rings is 1. The third-order valence-corrected chi connectivity index (χ3v) is 3.16. The molecule has 96 valence electrons. The maximum atomic E-state index is 5.63. The molecule has 3 nitrogen and oxygen atoms in total. The Morgan fingerprint density at radius 3 is 2.83 bits per heavy atom. The first-order chi connectivity index (χ1) is 8.76. The lowest BCUT2D eigenvalue weighted by Gasteiger charge is -2.12. The zero-order valence-electron chi connectivity index (χ0n) is 11.2. The first kappa shape index (κ1) is 12.8. The predicted octanol–water partition coefficient (Wildman–Crippen LogP) is 2.63. The molecule has 0 atom stereocenters. The molecule has 0 aliphatic rings. The first-order valence-electron chi connectivity index (χ1n) is 6.58. The zero-order chi connectivity index (χ0) is 13.0. The quantitative estimate of drug-likeness (QED) is 0.877. The predicted molar refractivity (Wildman–Crippen MR) is 75.1 cm³/mol. The lowest BCUT2D eigenvalue weighted by atomic mass is 10.1. The largest absolute Gasteiger partial charge is 0.330 e. The summed E-state index contributed by atoms with van der Waals surface area (Å²) >= 11 is 0. The van der Waals surface area contributed by atoms with Crippen LogP contribution in [0.25, 0.3) is 5.69 Å². The van der Waals surface area contributed by atoms with E-state index in [0.717, 1.165) is 25.1 Å². The van der Waals surface area contributed by atoms with Gasteiger partial charge in [0.1, 0.15) is 5.82 Å². The molecule has 0 aliphatic carbocycles. The maximum Gasteiger partial charge on any atom is 0.113 e. The van der Waals surface area contributed by atoms with Gasteiger partial charge in [-0.1, -0.05) is 19.1 Å². The van der Waals surface area contributed by atoms with E-state index in [2.05, 4.69) is 41.6 Å². The molecule has 2 N–H and O–H groups in total. The van der Waals surface area contributed by atoms with Gasteiger partial charge in [-0.3, -0.25) is 0 Å². The van der Waals surface area contributed by atoms with E-state index in [1.165, 1.54) is 16.8 Å². The molecular formula is C15H21N3. The summed E-state index contributed by atoms with van der Waals surface area (Å²) in [4.78, 5) is 4.44. The molecule has 1 heterocycles. The number of hydrogen-bond donors (Lipinski definition) is 1. The van der Waals surface area contributed by atoms with Crippen molar-refractivity contribution in [3.05, 3.63) is 47.5 Å². The van der Waals surface area contributed by atoms with Gasteiger partial charge < -0.3 is 10.3 Å². The fourth-order valence-corrected chi connectivity index (χ4v) is 2.20. The summed E-state index contributed by atoms with van der Waals surface area (Å²) in [5, 5.41) is 0. The Kier molecular flexibility index (Phi) is 4.15. The van der Waals surface area contributed by atoms with E-state index in [0.29, 0.717) is 6.54 Å². The van der Waals surface area contributed by atoms with E-state index in [4.69, 9.17) is 5.73 Å². The van der Waals surface area contributed by atoms with Gasteiger partial charge in [-0.2, -0.15) is 0 Å². The number of hydrogen-bond acceptors (Lipinski definition) is 2. The molecule has 1 aromatic heterocycles. The Balaban J connectivity index is 2.42. The van der Waals surface area contributed by atoms with Crippen LogP contribution in [-0.4, -0.2) is 16.1 Å². The van der Waals surface area contributed by atoms with E-state index in [9.17, 15) is 0 Å². The molecule has 0 bridgehead atoms. The minimum absolute atomic E-state index is 0.689. The molecular weight excluding hydrogens is 222 g/mol. The van der Waals surface area contributed by atoms with Crippen molar-refractivity contribution in [1.29, 1.82) is 0 Å². The standard InChI is InChI=1S/C15H21N3/c1-3-4-15-17-9-10-18(15)14-11-13(7-8-16)6-5-12(14)2/h5-6,9-11H,3-4,7-8,16H2,1-2H3. The number of nitrogens with zero attached hydrogens (tertiary/aromatic N) is 2. The monoisotopic (exact) mass is 243 g/mol. The first-order valence-corrected chi connectivity index (χ1v) is 6.58. The van der Waals surface area contributed by atoms with Gasteiger partial charge in [0.2, 0.25) is 0 Å². The van der Waals surface area contributed by atoms with Gasteiger partial charge >= 0.3 is 0 Å². The smallest absolute Gasteiger partial charge is 0.113 e. The van der Waals surface area contributed by atoms with Gasteiger partial charge in [-0.05, 0) is 43.5 Å². The second-order valence-electron chi connectivity index (χ2n) is 4.62. The second kappa shape index (κ2) is 5.83. The molecule has 0 saturated heterocycles. The van der Waals surface area contributed by atoms with Crippen molar-refractivity contribution in [3.63, 3.8) is 0 Å². The van der Waals surface area contributed by atoms with Crippen LogP contribution >= 0.6 is 0 Å². The van der Waals surface area contributed by atoms with Crippen LogP contribution in [0.4, 0.5) is 0 Å². The molecule has 1 aromatic carbocycles. The third kappa shape index (κ3) is 2.62. The Hall–Kier alpha value is -1.61. The van der Waals surface area contributed by atoms with E-state index >= 15 is 0 Å². The van der Waals surface area contributed by atoms with Gasteiger partial charge in [0.05, 0.1) is 0 Å². The van der Waals surface area contributed by atoms with E-state index in [1.807, 2.05) is 12.4 Å². The molecule has 0 radical (unpaired) electrons.